The first-order valence-corrected chi connectivity index (χ1v) is 3.08. The summed E-state index contributed by atoms with van der Waals surface area (Å²) in [5.74, 6) is 0.00116. The molecular formula is C5H4N4OS. The van der Waals surface area contributed by atoms with Gasteiger partial charge in [-0.3, -0.25) is 9.78 Å². The fourth-order valence-electron chi connectivity index (χ4n) is 0.615. The number of nitrogen functional groups attached to an aromatic ring is 1. The van der Waals surface area contributed by atoms with E-state index in [0.717, 1.165) is 0 Å². The molecule has 0 fully saturated rings. The van der Waals surface area contributed by atoms with Crippen molar-refractivity contribution in [2.75, 3.05) is 5.73 Å². The van der Waals surface area contributed by atoms with Crippen molar-refractivity contribution in [1.82, 2.24) is 9.97 Å². The first-order valence-electron chi connectivity index (χ1n) is 2.67. The van der Waals surface area contributed by atoms with E-state index in [1.807, 2.05) is 0 Å². The molecule has 0 unspecified atom stereocenters. The molecule has 1 heterocycles. The second-order valence-electron chi connectivity index (χ2n) is 1.81. The van der Waals surface area contributed by atoms with E-state index in [2.05, 4.69) is 22.2 Å². The highest BCUT2D eigenvalue weighted by Gasteiger charge is 2.02. The Morgan fingerprint density at radius 3 is 2.64 bits per heavy atom. The molecule has 56 valence electrons. The maximum absolute atomic E-state index is 10.8. The number of aromatic amines is 2. The van der Waals surface area contributed by atoms with Crippen molar-refractivity contribution in [3.05, 3.63) is 20.7 Å². The van der Waals surface area contributed by atoms with E-state index in [0.29, 0.717) is 0 Å². The van der Waals surface area contributed by atoms with Gasteiger partial charge in [-0.2, -0.15) is 5.26 Å². The average molecular weight is 168 g/mol. The predicted molar refractivity (Wildman–Crippen MR) is 41.4 cm³/mol. The molecule has 0 saturated carbocycles. The minimum atomic E-state index is -0.561. The molecule has 0 atom stereocenters. The van der Waals surface area contributed by atoms with Crippen LogP contribution >= 0.6 is 12.2 Å². The van der Waals surface area contributed by atoms with E-state index in [4.69, 9.17) is 11.0 Å². The molecule has 5 nitrogen and oxygen atoms in total. The van der Waals surface area contributed by atoms with Gasteiger partial charge >= 0.3 is 0 Å². The van der Waals surface area contributed by atoms with E-state index in [9.17, 15) is 4.79 Å². The Morgan fingerprint density at radius 1 is 1.55 bits per heavy atom. The number of H-pyrrole nitrogens is 2. The van der Waals surface area contributed by atoms with Crippen LogP contribution in [0.3, 0.4) is 0 Å². The summed E-state index contributed by atoms with van der Waals surface area (Å²) >= 11 is 4.59. The predicted octanol–water partition coefficient (Wildman–Crippen LogP) is -0.114. The van der Waals surface area contributed by atoms with Crippen LogP contribution in [0.5, 0.6) is 0 Å². The van der Waals surface area contributed by atoms with Crippen LogP contribution in [-0.2, 0) is 0 Å². The molecule has 0 aliphatic carbocycles. The van der Waals surface area contributed by atoms with Gasteiger partial charge in [-0.25, -0.2) is 0 Å². The van der Waals surface area contributed by atoms with Crippen molar-refractivity contribution in [2.45, 2.75) is 0 Å². The first kappa shape index (κ1) is 7.50. The number of nitrogens with two attached hydrogens (primary N) is 1. The van der Waals surface area contributed by atoms with Gasteiger partial charge in [0.15, 0.2) is 10.3 Å². The third kappa shape index (κ3) is 1.28. The molecule has 11 heavy (non-hydrogen) atoms. The highest BCUT2D eigenvalue weighted by Crippen LogP contribution is 1.96. The lowest BCUT2D eigenvalue weighted by atomic mass is 10.3. The lowest BCUT2D eigenvalue weighted by molar-refractivity contribution is 1.08. The summed E-state index contributed by atoms with van der Waals surface area (Å²) in [7, 11) is 0. The third-order valence-corrected chi connectivity index (χ3v) is 1.29. The van der Waals surface area contributed by atoms with Gasteiger partial charge in [0.05, 0.1) is 0 Å². The molecule has 0 saturated heterocycles. The first-order chi connectivity index (χ1) is 5.15. The second-order valence-corrected chi connectivity index (χ2v) is 2.22. The van der Waals surface area contributed by atoms with Crippen molar-refractivity contribution in [2.24, 2.45) is 0 Å². The zero-order valence-electron chi connectivity index (χ0n) is 5.34. The highest BCUT2D eigenvalue weighted by atomic mass is 32.1. The Morgan fingerprint density at radius 2 is 2.18 bits per heavy atom. The van der Waals surface area contributed by atoms with Crippen molar-refractivity contribution in [3.63, 3.8) is 0 Å². The summed E-state index contributed by atoms with van der Waals surface area (Å²) in [6.45, 7) is 0. The van der Waals surface area contributed by atoms with Crippen LogP contribution in [0.1, 0.15) is 5.56 Å². The smallest absolute Gasteiger partial charge is 0.271 e. The Bertz CT molecular complexity index is 423. The molecule has 0 aliphatic rings. The van der Waals surface area contributed by atoms with Crippen LogP contribution in [0, 0.1) is 16.1 Å². The Labute approximate surface area is 66.5 Å². The van der Waals surface area contributed by atoms with E-state index in [1.54, 1.807) is 6.07 Å². The Kier molecular flexibility index (Phi) is 1.74. The minimum Gasteiger partial charge on any atom is -0.384 e. The quantitative estimate of drug-likeness (QED) is 0.470. The van der Waals surface area contributed by atoms with Crippen LogP contribution < -0.4 is 11.3 Å². The standard InChI is InChI=1S/C5H4N4OS/c6-1-2-3(7)8-5(11)9-4(2)10/h(H4,7,8,9,10,11). The molecule has 4 N–H and O–H groups in total. The fourth-order valence-corrected chi connectivity index (χ4v) is 0.818. The molecule has 1 aromatic rings. The maximum atomic E-state index is 10.8. The van der Waals surface area contributed by atoms with Gasteiger partial charge in [-0.05, 0) is 12.2 Å². The second kappa shape index (κ2) is 2.56. The van der Waals surface area contributed by atoms with Crippen molar-refractivity contribution in [3.8, 4) is 6.07 Å². The van der Waals surface area contributed by atoms with Gasteiger partial charge in [0.1, 0.15) is 11.9 Å². The summed E-state index contributed by atoms with van der Waals surface area (Å²) in [6.07, 6.45) is 0. The molecular weight excluding hydrogens is 164 g/mol. The van der Waals surface area contributed by atoms with Gasteiger partial charge in [-0.15, -0.1) is 0 Å². The van der Waals surface area contributed by atoms with Crippen molar-refractivity contribution in [1.29, 1.82) is 5.26 Å². The maximum Gasteiger partial charge on any atom is 0.271 e. The number of hydrogen-bond donors (Lipinski definition) is 3. The number of rotatable bonds is 0. The lowest BCUT2D eigenvalue weighted by Gasteiger charge is -1.93. The minimum absolute atomic E-state index is 0.00116. The number of nitrogens with zero attached hydrogens (tertiary/aromatic N) is 1. The van der Waals surface area contributed by atoms with E-state index in [1.165, 1.54) is 0 Å². The largest absolute Gasteiger partial charge is 0.384 e. The van der Waals surface area contributed by atoms with Crippen LogP contribution in [0.4, 0.5) is 5.82 Å². The number of anilines is 1. The zero-order chi connectivity index (χ0) is 8.43. The highest BCUT2D eigenvalue weighted by molar-refractivity contribution is 7.71. The van der Waals surface area contributed by atoms with Gasteiger partial charge in [-0.1, -0.05) is 0 Å². The molecule has 1 rings (SSSR count). The molecule has 0 amide bonds. The monoisotopic (exact) mass is 168 g/mol. The van der Waals surface area contributed by atoms with Gasteiger partial charge in [0.25, 0.3) is 5.56 Å². The third-order valence-electron chi connectivity index (χ3n) is 1.08. The summed E-state index contributed by atoms with van der Waals surface area (Å²) in [5, 5.41) is 8.39. The normalized spacial score (nSPS) is 9.00. The van der Waals surface area contributed by atoms with Gasteiger partial charge in [0.2, 0.25) is 0 Å². The Hall–Kier alpha value is -1.61. The fraction of sp³-hybridized carbons (Fsp3) is 0. The summed E-state index contributed by atoms with van der Waals surface area (Å²) in [6, 6.07) is 1.64. The molecule has 0 bridgehead atoms. The van der Waals surface area contributed by atoms with Crippen LogP contribution in [0.25, 0.3) is 0 Å². The SMILES string of the molecule is N#Cc1c(N)[nH]c(=S)[nH]c1=O. The van der Waals surface area contributed by atoms with Gasteiger partial charge in [0, 0.05) is 0 Å². The molecule has 0 aromatic carbocycles. The van der Waals surface area contributed by atoms with Crippen LogP contribution in [-0.4, -0.2) is 9.97 Å². The van der Waals surface area contributed by atoms with Crippen LogP contribution in [0.2, 0.25) is 0 Å². The summed E-state index contributed by atoms with van der Waals surface area (Å²) < 4.78 is 0.117. The van der Waals surface area contributed by atoms with Gasteiger partial charge < -0.3 is 10.7 Å². The van der Waals surface area contributed by atoms with Crippen molar-refractivity contribution < 1.29 is 0 Å². The average Bonchev–Trinajstić information content (AvgIpc) is 1.85. The number of nitriles is 1. The molecule has 0 spiro atoms. The number of hydrogen-bond acceptors (Lipinski definition) is 4. The summed E-state index contributed by atoms with van der Waals surface area (Å²) in [5.41, 5.74) is 4.57. The molecule has 6 heteroatoms. The number of nitrogens with one attached hydrogen (secondary N) is 2. The Balaban J connectivity index is 3.66. The van der Waals surface area contributed by atoms with E-state index < -0.39 is 5.56 Å². The topological polar surface area (TPSA) is 98.5 Å². The van der Waals surface area contributed by atoms with E-state index >= 15 is 0 Å². The summed E-state index contributed by atoms with van der Waals surface area (Å²) in [4.78, 5) is 15.5. The molecule has 0 radical (unpaired) electrons. The number of aromatic nitrogens is 2. The van der Waals surface area contributed by atoms with Crippen molar-refractivity contribution >= 4 is 18.0 Å². The lowest BCUT2D eigenvalue weighted by Crippen LogP contribution is -2.14. The molecule has 0 aliphatic heterocycles. The molecule has 1 aromatic heterocycles. The van der Waals surface area contributed by atoms with E-state index in [-0.39, 0.29) is 16.2 Å². The zero-order valence-corrected chi connectivity index (χ0v) is 6.16. The van der Waals surface area contributed by atoms with Crippen LogP contribution in [0.15, 0.2) is 4.79 Å².